The first kappa shape index (κ1) is 14.5. The van der Waals surface area contributed by atoms with Crippen LogP contribution in [0.3, 0.4) is 0 Å². The molecule has 0 aromatic heterocycles. The van der Waals surface area contributed by atoms with E-state index in [1.54, 1.807) is 24.3 Å². The molecule has 1 aromatic rings. The third kappa shape index (κ3) is 3.79. The Bertz CT molecular complexity index is 456. The number of carbonyl (C=O) groups excluding carboxylic acids is 1. The molecule has 6 heteroatoms. The lowest BCUT2D eigenvalue weighted by molar-refractivity contribution is -0.145. The van der Waals surface area contributed by atoms with Crippen LogP contribution in [-0.4, -0.2) is 49.5 Å². The number of hydrogen-bond acceptors (Lipinski definition) is 4. The van der Waals surface area contributed by atoms with Crippen molar-refractivity contribution in [3.8, 4) is 0 Å². The summed E-state index contributed by atoms with van der Waals surface area (Å²) in [6.07, 6.45) is -0.786. The molecule has 6 nitrogen and oxygen atoms in total. The maximum atomic E-state index is 12.4. The molecule has 2 rings (SSSR count). The van der Waals surface area contributed by atoms with Gasteiger partial charge in [-0.1, -0.05) is 18.2 Å². The van der Waals surface area contributed by atoms with E-state index < -0.39 is 12.1 Å². The Morgan fingerprint density at radius 3 is 2.60 bits per heavy atom. The van der Waals surface area contributed by atoms with Gasteiger partial charge in [-0.15, -0.1) is 0 Å². The maximum absolute atomic E-state index is 12.4. The summed E-state index contributed by atoms with van der Waals surface area (Å²) in [6.45, 7) is 1.16. The molecule has 1 fully saturated rings. The van der Waals surface area contributed by atoms with Crippen LogP contribution in [0.25, 0.3) is 0 Å². The van der Waals surface area contributed by atoms with E-state index in [1.807, 2.05) is 6.07 Å². The van der Waals surface area contributed by atoms with Gasteiger partial charge < -0.3 is 19.5 Å². The van der Waals surface area contributed by atoms with E-state index in [2.05, 4.69) is 0 Å². The minimum absolute atomic E-state index is 0.109. The van der Waals surface area contributed by atoms with Crippen LogP contribution in [0.15, 0.2) is 30.3 Å². The second kappa shape index (κ2) is 7.02. The second-order valence-corrected chi connectivity index (χ2v) is 4.40. The third-order valence-corrected chi connectivity index (χ3v) is 2.97. The fraction of sp³-hybridized carbons (Fsp3) is 0.429. The summed E-state index contributed by atoms with van der Waals surface area (Å²) in [6, 6.07) is 8.97. The van der Waals surface area contributed by atoms with E-state index in [4.69, 9.17) is 14.6 Å². The number of aliphatic carboxylic acids is 1. The topological polar surface area (TPSA) is 76.1 Å². The van der Waals surface area contributed by atoms with Crippen molar-refractivity contribution < 1.29 is 24.2 Å². The van der Waals surface area contributed by atoms with E-state index in [9.17, 15) is 9.59 Å². The number of nitrogens with zero attached hydrogens (tertiary/aromatic N) is 1. The summed E-state index contributed by atoms with van der Waals surface area (Å²) in [5.74, 6) is -1.21. The van der Waals surface area contributed by atoms with Crippen LogP contribution >= 0.6 is 0 Å². The highest BCUT2D eigenvalue weighted by molar-refractivity contribution is 5.97. The van der Waals surface area contributed by atoms with Crippen molar-refractivity contribution in [3.63, 3.8) is 0 Å². The quantitative estimate of drug-likeness (QED) is 0.867. The molecule has 0 saturated carbocycles. The maximum Gasteiger partial charge on any atom is 0.305 e. The normalized spacial score (nSPS) is 18.5. The molecule has 0 bridgehead atoms. The van der Waals surface area contributed by atoms with Crippen LogP contribution < -0.4 is 4.90 Å². The van der Waals surface area contributed by atoms with Gasteiger partial charge in [0.2, 0.25) is 0 Å². The fourth-order valence-electron chi connectivity index (χ4n) is 1.99. The van der Waals surface area contributed by atoms with Gasteiger partial charge in [-0.2, -0.15) is 0 Å². The van der Waals surface area contributed by atoms with Gasteiger partial charge in [0, 0.05) is 12.2 Å². The van der Waals surface area contributed by atoms with Crippen LogP contribution in [0, 0.1) is 0 Å². The molecule has 1 aromatic carbocycles. The molecule has 20 heavy (non-hydrogen) atoms. The van der Waals surface area contributed by atoms with Crippen LogP contribution in [-0.2, 0) is 19.1 Å². The molecule has 1 atom stereocenters. The van der Waals surface area contributed by atoms with Crippen molar-refractivity contribution in [1.82, 2.24) is 0 Å². The number of anilines is 1. The Labute approximate surface area is 116 Å². The zero-order valence-corrected chi connectivity index (χ0v) is 11.0. The molecule has 0 radical (unpaired) electrons. The zero-order valence-electron chi connectivity index (χ0n) is 11.0. The van der Waals surface area contributed by atoms with Crippen molar-refractivity contribution in [2.75, 3.05) is 31.3 Å². The van der Waals surface area contributed by atoms with Gasteiger partial charge in [0.05, 0.1) is 26.2 Å². The summed E-state index contributed by atoms with van der Waals surface area (Å²) >= 11 is 0. The largest absolute Gasteiger partial charge is 0.481 e. The van der Waals surface area contributed by atoms with E-state index in [-0.39, 0.29) is 25.5 Å². The van der Waals surface area contributed by atoms with E-state index in [0.717, 1.165) is 0 Å². The first-order valence-electron chi connectivity index (χ1n) is 6.46. The van der Waals surface area contributed by atoms with Crippen LogP contribution in [0.2, 0.25) is 0 Å². The smallest absolute Gasteiger partial charge is 0.305 e. The Balaban J connectivity index is 2.12. The Kier molecular flexibility index (Phi) is 5.09. The molecule has 108 valence electrons. The third-order valence-electron chi connectivity index (χ3n) is 2.97. The van der Waals surface area contributed by atoms with Crippen molar-refractivity contribution in [2.45, 2.75) is 12.5 Å². The van der Waals surface area contributed by atoms with E-state index in [0.29, 0.717) is 18.9 Å². The molecule has 1 heterocycles. The summed E-state index contributed by atoms with van der Waals surface area (Å²) in [5, 5.41) is 8.81. The Hall–Kier alpha value is -1.92. The van der Waals surface area contributed by atoms with Crippen LogP contribution in [0.1, 0.15) is 6.42 Å². The number of carbonyl (C=O) groups is 2. The first-order valence-corrected chi connectivity index (χ1v) is 6.46. The van der Waals surface area contributed by atoms with Crippen molar-refractivity contribution in [3.05, 3.63) is 30.3 Å². The van der Waals surface area contributed by atoms with Gasteiger partial charge in [0.15, 0.2) is 6.10 Å². The highest BCUT2D eigenvalue weighted by atomic mass is 16.6. The number of ether oxygens (including phenoxy) is 2. The number of benzene rings is 1. The average Bonchev–Trinajstić information content (AvgIpc) is 2.49. The van der Waals surface area contributed by atoms with Crippen LogP contribution in [0.4, 0.5) is 5.69 Å². The summed E-state index contributed by atoms with van der Waals surface area (Å²) in [4.78, 5) is 24.6. The van der Waals surface area contributed by atoms with Gasteiger partial charge in [0.1, 0.15) is 0 Å². The molecule has 1 amide bonds. The molecule has 1 aliphatic heterocycles. The lowest BCUT2D eigenvalue weighted by Gasteiger charge is -2.29. The lowest BCUT2D eigenvalue weighted by atomic mass is 10.2. The zero-order chi connectivity index (χ0) is 14.4. The molecule has 1 N–H and O–H groups in total. The average molecular weight is 279 g/mol. The molecule has 1 unspecified atom stereocenters. The minimum atomic E-state index is -0.945. The molecule has 1 aliphatic rings. The SMILES string of the molecule is O=C(O)CCN(C(=O)C1COCCO1)c1ccccc1. The van der Waals surface area contributed by atoms with E-state index >= 15 is 0 Å². The van der Waals surface area contributed by atoms with Gasteiger partial charge in [-0.25, -0.2) is 0 Å². The Morgan fingerprint density at radius 2 is 2.00 bits per heavy atom. The van der Waals surface area contributed by atoms with Gasteiger partial charge in [0.25, 0.3) is 5.91 Å². The molecular formula is C14H17NO5. The minimum Gasteiger partial charge on any atom is -0.481 e. The van der Waals surface area contributed by atoms with Gasteiger partial charge in [-0.3, -0.25) is 9.59 Å². The number of rotatable bonds is 5. The van der Waals surface area contributed by atoms with Gasteiger partial charge in [-0.05, 0) is 12.1 Å². The summed E-state index contributed by atoms with van der Waals surface area (Å²) < 4.78 is 10.6. The van der Waals surface area contributed by atoms with Crippen molar-refractivity contribution >= 4 is 17.6 Å². The number of hydrogen-bond donors (Lipinski definition) is 1. The highest BCUT2D eigenvalue weighted by Crippen LogP contribution is 2.17. The number of amides is 1. The summed E-state index contributed by atoms with van der Waals surface area (Å²) in [5.41, 5.74) is 0.660. The van der Waals surface area contributed by atoms with E-state index in [1.165, 1.54) is 4.90 Å². The van der Waals surface area contributed by atoms with Crippen molar-refractivity contribution in [2.24, 2.45) is 0 Å². The van der Waals surface area contributed by atoms with Crippen LogP contribution in [0.5, 0.6) is 0 Å². The summed E-state index contributed by atoms with van der Waals surface area (Å²) in [7, 11) is 0. The number of carboxylic acid groups (broad SMARTS) is 1. The number of carboxylic acids is 1. The standard InChI is InChI=1S/C14H17NO5/c16-13(17)6-7-15(11-4-2-1-3-5-11)14(18)12-10-19-8-9-20-12/h1-5,12H,6-10H2,(H,16,17). The monoisotopic (exact) mass is 279 g/mol. The van der Waals surface area contributed by atoms with Crippen molar-refractivity contribution in [1.29, 1.82) is 0 Å². The Morgan fingerprint density at radius 1 is 1.25 bits per heavy atom. The predicted octanol–water partition coefficient (Wildman–Crippen LogP) is 0.910. The van der Waals surface area contributed by atoms with Gasteiger partial charge >= 0.3 is 5.97 Å². The first-order chi connectivity index (χ1) is 9.68. The fourth-order valence-corrected chi connectivity index (χ4v) is 1.99. The lowest BCUT2D eigenvalue weighted by Crippen LogP contribution is -2.46. The molecule has 1 saturated heterocycles. The molecule has 0 aliphatic carbocycles. The highest BCUT2D eigenvalue weighted by Gasteiger charge is 2.28. The second-order valence-electron chi connectivity index (χ2n) is 4.40. The number of para-hydroxylation sites is 1. The molecule has 0 spiro atoms. The molecular weight excluding hydrogens is 262 g/mol. The predicted molar refractivity (Wildman–Crippen MR) is 71.6 cm³/mol.